The van der Waals surface area contributed by atoms with Gasteiger partial charge in [-0.15, -0.1) is 22.7 Å². The topological polar surface area (TPSA) is 42.0 Å². The number of thiophene rings is 1. The van der Waals surface area contributed by atoms with Gasteiger partial charge in [0.1, 0.15) is 10.8 Å². The minimum Gasteiger partial charge on any atom is -0.347 e. The highest BCUT2D eigenvalue weighted by Gasteiger charge is 2.14. The Morgan fingerprint density at radius 3 is 2.91 bits per heavy atom. The summed E-state index contributed by atoms with van der Waals surface area (Å²) in [6, 6.07) is 7.72. The Morgan fingerprint density at radius 1 is 1.39 bits per heavy atom. The van der Waals surface area contributed by atoms with Crippen LogP contribution in [-0.2, 0) is 6.54 Å². The number of nitrogens with zero attached hydrogens (tertiary/aromatic N) is 1. The normalized spacial score (nSPS) is 10.7. The molecule has 0 aliphatic carbocycles. The summed E-state index contributed by atoms with van der Waals surface area (Å²) in [4.78, 5) is 18.8. The first-order valence-corrected chi connectivity index (χ1v) is 8.85. The molecule has 2 heterocycles. The number of thiazole rings is 1. The highest BCUT2D eigenvalue weighted by atomic mass is 35.5. The molecule has 0 atom stereocenters. The van der Waals surface area contributed by atoms with Crippen molar-refractivity contribution in [2.45, 2.75) is 13.5 Å². The van der Waals surface area contributed by atoms with E-state index in [0.717, 1.165) is 26.5 Å². The van der Waals surface area contributed by atoms with Crippen LogP contribution in [0.2, 0.25) is 5.02 Å². The first-order valence-electron chi connectivity index (χ1n) is 6.78. The number of amides is 1. The summed E-state index contributed by atoms with van der Waals surface area (Å²) in [5.41, 5.74) is 1.15. The molecule has 3 rings (SSSR count). The van der Waals surface area contributed by atoms with Crippen LogP contribution >= 0.6 is 34.3 Å². The van der Waals surface area contributed by atoms with Gasteiger partial charge in [0.05, 0.1) is 27.7 Å². The van der Waals surface area contributed by atoms with Gasteiger partial charge < -0.3 is 5.32 Å². The molecule has 23 heavy (non-hydrogen) atoms. The smallest absolute Gasteiger partial charge is 0.253 e. The molecule has 1 amide bonds. The van der Waals surface area contributed by atoms with Gasteiger partial charge >= 0.3 is 0 Å². The van der Waals surface area contributed by atoms with Crippen LogP contribution in [0, 0.1) is 12.7 Å². The summed E-state index contributed by atoms with van der Waals surface area (Å²) in [6.07, 6.45) is 0. The third-order valence-corrected chi connectivity index (χ3v) is 5.72. The summed E-state index contributed by atoms with van der Waals surface area (Å²) in [5.74, 6) is -0.800. The number of aryl methyl sites for hydroxylation is 1. The highest BCUT2D eigenvalue weighted by molar-refractivity contribution is 7.21. The van der Waals surface area contributed by atoms with E-state index in [9.17, 15) is 9.18 Å². The zero-order valence-electron chi connectivity index (χ0n) is 12.1. The summed E-state index contributed by atoms with van der Waals surface area (Å²) >= 11 is 9.08. The summed E-state index contributed by atoms with van der Waals surface area (Å²) in [7, 11) is 0. The molecule has 3 aromatic rings. The lowest BCUT2D eigenvalue weighted by Crippen LogP contribution is -2.23. The molecule has 0 saturated heterocycles. The lowest BCUT2D eigenvalue weighted by Gasteiger charge is -2.06. The number of carbonyl (C=O) groups is 1. The Labute approximate surface area is 145 Å². The minimum absolute atomic E-state index is 0.0998. The van der Waals surface area contributed by atoms with Crippen molar-refractivity contribution in [3.63, 3.8) is 0 Å². The van der Waals surface area contributed by atoms with Gasteiger partial charge in [0, 0.05) is 4.88 Å². The van der Waals surface area contributed by atoms with E-state index in [1.54, 1.807) is 22.7 Å². The molecule has 0 saturated carbocycles. The van der Waals surface area contributed by atoms with E-state index in [2.05, 4.69) is 10.3 Å². The Bertz CT molecular complexity index is 846. The molecule has 3 nitrogen and oxygen atoms in total. The second-order valence-electron chi connectivity index (χ2n) is 4.81. The summed E-state index contributed by atoms with van der Waals surface area (Å²) in [5, 5.41) is 5.85. The van der Waals surface area contributed by atoms with Crippen LogP contribution in [0.1, 0.15) is 20.9 Å². The van der Waals surface area contributed by atoms with Gasteiger partial charge in [0.25, 0.3) is 5.91 Å². The Hall–Kier alpha value is -1.76. The molecule has 0 radical (unpaired) electrons. The maximum atomic E-state index is 13.0. The standard InChI is InChI=1S/C16H12ClFN2OS2/c1-9-14(23-16(20-9)13-3-2-6-22-13)8-19-15(21)11-5-4-10(18)7-12(11)17/h2-7H,8H2,1H3,(H,19,21). The molecule has 118 valence electrons. The van der Waals surface area contributed by atoms with Crippen LogP contribution in [0.15, 0.2) is 35.7 Å². The fourth-order valence-corrected chi connectivity index (χ4v) is 4.08. The highest BCUT2D eigenvalue weighted by Crippen LogP contribution is 2.31. The van der Waals surface area contributed by atoms with Crippen molar-refractivity contribution in [1.29, 1.82) is 0 Å². The molecule has 7 heteroatoms. The maximum absolute atomic E-state index is 13.0. The van der Waals surface area contributed by atoms with Gasteiger partial charge in [-0.1, -0.05) is 17.7 Å². The van der Waals surface area contributed by atoms with Crippen LogP contribution in [0.25, 0.3) is 9.88 Å². The zero-order chi connectivity index (χ0) is 16.4. The van der Waals surface area contributed by atoms with Crippen molar-refractivity contribution in [3.05, 3.63) is 62.7 Å². The van der Waals surface area contributed by atoms with Crippen molar-refractivity contribution in [2.75, 3.05) is 0 Å². The van der Waals surface area contributed by atoms with Crippen LogP contribution in [0.5, 0.6) is 0 Å². The van der Waals surface area contributed by atoms with E-state index in [1.165, 1.54) is 12.1 Å². The number of rotatable bonds is 4. The predicted molar refractivity (Wildman–Crippen MR) is 92.7 cm³/mol. The van der Waals surface area contributed by atoms with Crippen molar-refractivity contribution in [2.24, 2.45) is 0 Å². The van der Waals surface area contributed by atoms with E-state index in [-0.39, 0.29) is 16.5 Å². The van der Waals surface area contributed by atoms with Gasteiger partial charge in [-0.3, -0.25) is 4.79 Å². The first-order chi connectivity index (χ1) is 11.0. The number of benzene rings is 1. The Morgan fingerprint density at radius 2 is 2.22 bits per heavy atom. The van der Waals surface area contributed by atoms with Gasteiger partial charge in [-0.25, -0.2) is 9.37 Å². The molecule has 0 unspecified atom stereocenters. The van der Waals surface area contributed by atoms with Crippen molar-refractivity contribution in [3.8, 4) is 9.88 Å². The Balaban J connectivity index is 1.72. The minimum atomic E-state index is -0.467. The number of nitrogens with one attached hydrogen (secondary N) is 1. The molecule has 0 bridgehead atoms. The fraction of sp³-hybridized carbons (Fsp3) is 0.125. The Kier molecular flexibility index (Phi) is 4.75. The van der Waals surface area contributed by atoms with Crippen molar-refractivity contribution < 1.29 is 9.18 Å². The molecular weight excluding hydrogens is 355 g/mol. The number of hydrogen-bond acceptors (Lipinski definition) is 4. The van der Waals surface area contributed by atoms with Crippen molar-refractivity contribution in [1.82, 2.24) is 10.3 Å². The molecule has 0 spiro atoms. The third-order valence-electron chi connectivity index (χ3n) is 3.21. The van der Waals surface area contributed by atoms with Gasteiger partial charge in [0.15, 0.2) is 0 Å². The van der Waals surface area contributed by atoms with Gasteiger partial charge in [-0.05, 0) is 36.6 Å². The molecule has 0 fully saturated rings. The molecular formula is C16H12ClFN2OS2. The van der Waals surface area contributed by atoms with Crippen LogP contribution < -0.4 is 5.32 Å². The molecule has 1 aromatic carbocycles. The van der Waals surface area contributed by atoms with Gasteiger partial charge in [0.2, 0.25) is 0 Å². The zero-order valence-corrected chi connectivity index (χ0v) is 14.5. The van der Waals surface area contributed by atoms with E-state index < -0.39 is 5.82 Å². The fourth-order valence-electron chi connectivity index (χ4n) is 2.03. The van der Waals surface area contributed by atoms with Crippen molar-refractivity contribution >= 4 is 40.2 Å². The second-order valence-corrected chi connectivity index (χ2v) is 7.25. The third kappa shape index (κ3) is 3.60. The SMILES string of the molecule is Cc1nc(-c2cccs2)sc1CNC(=O)c1ccc(F)cc1Cl. The average molecular weight is 367 g/mol. The van der Waals surface area contributed by atoms with E-state index in [0.29, 0.717) is 6.54 Å². The predicted octanol–water partition coefficient (Wildman–Crippen LogP) is 4.90. The molecule has 1 N–H and O–H groups in total. The lowest BCUT2D eigenvalue weighted by molar-refractivity contribution is 0.0951. The summed E-state index contributed by atoms with van der Waals surface area (Å²) < 4.78 is 13.0. The lowest BCUT2D eigenvalue weighted by atomic mass is 10.2. The largest absolute Gasteiger partial charge is 0.347 e. The summed E-state index contributed by atoms with van der Waals surface area (Å²) in [6.45, 7) is 2.28. The molecule has 0 aliphatic rings. The van der Waals surface area contributed by atoms with E-state index in [4.69, 9.17) is 11.6 Å². The van der Waals surface area contributed by atoms with Crippen LogP contribution in [0.4, 0.5) is 4.39 Å². The number of carbonyl (C=O) groups excluding carboxylic acids is 1. The molecule has 0 aliphatic heterocycles. The number of aromatic nitrogens is 1. The van der Waals surface area contributed by atoms with Gasteiger partial charge in [-0.2, -0.15) is 0 Å². The average Bonchev–Trinajstić information content (AvgIpc) is 3.14. The second kappa shape index (κ2) is 6.78. The van der Waals surface area contributed by atoms with E-state index in [1.807, 2.05) is 24.4 Å². The first kappa shape index (κ1) is 16.1. The molecule has 2 aromatic heterocycles. The monoisotopic (exact) mass is 366 g/mol. The maximum Gasteiger partial charge on any atom is 0.253 e. The van der Waals surface area contributed by atoms with Crippen LogP contribution in [0.3, 0.4) is 0 Å². The van der Waals surface area contributed by atoms with E-state index >= 15 is 0 Å². The quantitative estimate of drug-likeness (QED) is 0.713. The number of hydrogen-bond donors (Lipinski definition) is 1. The number of halogens is 2. The van der Waals surface area contributed by atoms with Crippen LogP contribution in [-0.4, -0.2) is 10.9 Å².